The fraction of sp³-hybridized carbons (Fsp3) is 0.0741. The van der Waals surface area contributed by atoms with Crippen LogP contribution in [0.2, 0.25) is 5.02 Å². The van der Waals surface area contributed by atoms with E-state index in [-0.39, 0.29) is 0 Å². The quantitative estimate of drug-likeness (QED) is 0.295. The molecule has 5 heteroatoms. The second kappa shape index (κ2) is 6.15. The molecule has 1 amide bonds. The van der Waals surface area contributed by atoms with Crippen LogP contribution in [0.25, 0.3) is 11.1 Å². The molecule has 154 valence electrons. The molecule has 4 aromatic carbocycles. The number of nitrogens with zero attached hydrogens (tertiary/aromatic N) is 1. The molecule has 4 nitrogen and oxygen atoms in total. The van der Waals surface area contributed by atoms with Crippen LogP contribution in [-0.4, -0.2) is 6.09 Å². The van der Waals surface area contributed by atoms with Crippen LogP contribution in [0.4, 0.5) is 10.5 Å². The molecule has 0 bridgehead atoms. The zero-order valence-electron chi connectivity index (χ0n) is 16.8. The topological polar surface area (TPSA) is 38.8 Å². The van der Waals surface area contributed by atoms with Crippen molar-refractivity contribution in [2.75, 3.05) is 4.90 Å². The molecule has 0 radical (unpaired) electrons. The van der Waals surface area contributed by atoms with Gasteiger partial charge in [0.05, 0.1) is 5.69 Å². The fourth-order valence-electron chi connectivity index (χ4n) is 5.44. The van der Waals surface area contributed by atoms with Crippen molar-refractivity contribution < 1.29 is 14.3 Å². The summed E-state index contributed by atoms with van der Waals surface area (Å²) in [4.78, 5) is 15.3. The molecule has 1 saturated heterocycles. The second-order valence-electron chi connectivity index (χ2n) is 8.22. The number of amides is 1. The molecule has 32 heavy (non-hydrogen) atoms. The fourth-order valence-corrected chi connectivity index (χ4v) is 5.61. The summed E-state index contributed by atoms with van der Waals surface area (Å²) < 4.78 is 12.7. The smallest absolute Gasteiger partial charge is 0.416 e. The maximum Gasteiger partial charge on any atom is 0.416 e. The minimum Gasteiger partial charge on any atom is -0.455 e. The van der Waals surface area contributed by atoms with Crippen molar-refractivity contribution in [3.8, 4) is 22.6 Å². The number of benzene rings is 4. The molecule has 2 heterocycles. The summed E-state index contributed by atoms with van der Waals surface area (Å²) in [6, 6.07) is 29.0. The Hall–Kier alpha value is -3.76. The summed E-state index contributed by atoms with van der Waals surface area (Å²) in [5, 5.41) is 0.526. The number of carbonyl (C=O) groups excluding carboxylic acids is 1. The Labute approximate surface area is 189 Å². The number of hydrogen-bond donors (Lipinski definition) is 0. The van der Waals surface area contributed by atoms with E-state index in [4.69, 9.17) is 21.1 Å². The molecule has 1 aliphatic carbocycles. The highest BCUT2D eigenvalue weighted by Gasteiger charge is 2.62. The van der Waals surface area contributed by atoms with Crippen molar-refractivity contribution in [1.82, 2.24) is 0 Å². The predicted molar refractivity (Wildman–Crippen MR) is 122 cm³/mol. The number of ether oxygens (including phenoxy) is 2. The third kappa shape index (κ3) is 2.10. The van der Waals surface area contributed by atoms with E-state index in [0.717, 1.165) is 27.8 Å². The van der Waals surface area contributed by atoms with E-state index in [1.807, 2.05) is 48.5 Å². The summed E-state index contributed by atoms with van der Waals surface area (Å²) in [7, 11) is 0. The maximum atomic E-state index is 13.6. The van der Waals surface area contributed by atoms with Gasteiger partial charge in [-0.1, -0.05) is 78.3 Å². The Morgan fingerprint density at radius 3 is 2.19 bits per heavy atom. The van der Waals surface area contributed by atoms with Crippen molar-refractivity contribution in [1.29, 1.82) is 0 Å². The van der Waals surface area contributed by atoms with Crippen LogP contribution in [0.5, 0.6) is 11.5 Å². The maximum absolute atomic E-state index is 13.6. The number of halogens is 1. The van der Waals surface area contributed by atoms with Gasteiger partial charge in [0.1, 0.15) is 11.8 Å². The van der Waals surface area contributed by atoms with Gasteiger partial charge in [-0.3, -0.25) is 4.90 Å². The van der Waals surface area contributed by atoms with Gasteiger partial charge in [0, 0.05) is 21.7 Å². The number of para-hydroxylation sites is 1. The molecule has 2 aliphatic heterocycles. The van der Waals surface area contributed by atoms with Gasteiger partial charge in [-0.2, -0.15) is 0 Å². The second-order valence-corrected chi connectivity index (χ2v) is 8.66. The molecular weight excluding hydrogens is 422 g/mol. The Kier molecular flexibility index (Phi) is 3.43. The van der Waals surface area contributed by atoms with Gasteiger partial charge in [0.15, 0.2) is 11.4 Å². The van der Waals surface area contributed by atoms with Crippen LogP contribution in [0.15, 0.2) is 91.0 Å². The molecule has 0 aromatic heterocycles. The van der Waals surface area contributed by atoms with Gasteiger partial charge in [-0.25, -0.2) is 4.79 Å². The largest absolute Gasteiger partial charge is 0.455 e. The lowest BCUT2D eigenvalue weighted by Crippen LogP contribution is -2.35. The highest BCUT2D eigenvalue weighted by Crippen LogP contribution is 2.63. The normalized spacial score (nSPS) is 18.6. The molecule has 4 aromatic rings. The first-order chi connectivity index (χ1) is 15.7. The number of carbonyl (C=O) groups is 1. The third-order valence-corrected chi connectivity index (χ3v) is 6.88. The standard InChI is InChI=1S/C27H16ClNO3/c28-16-13-14-24-22(15-16)29-25(19-9-3-6-12-23(19)31-24)27(32-26(29)30)20-10-4-1-7-17(20)18-8-2-5-11-21(18)27/h1-15,25H. The van der Waals surface area contributed by atoms with E-state index >= 15 is 0 Å². The molecule has 1 fully saturated rings. The van der Waals surface area contributed by atoms with E-state index in [2.05, 4.69) is 24.3 Å². The minimum absolute atomic E-state index is 0.426. The average Bonchev–Trinajstić information content (AvgIpc) is 3.22. The predicted octanol–water partition coefficient (Wildman–Crippen LogP) is 7.07. The third-order valence-electron chi connectivity index (χ3n) is 6.65. The summed E-state index contributed by atoms with van der Waals surface area (Å²) in [6.45, 7) is 0. The molecule has 3 aliphatic rings. The van der Waals surface area contributed by atoms with Crippen molar-refractivity contribution in [3.63, 3.8) is 0 Å². The van der Waals surface area contributed by atoms with E-state index in [0.29, 0.717) is 22.2 Å². The van der Waals surface area contributed by atoms with Crippen LogP contribution in [0.1, 0.15) is 22.7 Å². The molecule has 1 atom stereocenters. The lowest BCUT2D eigenvalue weighted by Gasteiger charge is -2.33. The van der Waals surface area contributed by atoms with E-state index in [1.54, 1.807) is 23.1 Å². The van der Waals surface area contributed by atoms with E-state index in [9.17, 15) is 4.79 Å². The summed E-state index contributed by atoms with van der Waals surface area (Å²) in [6.07, 6.45) is -0.426. The van der Waals surface area contributed by atoms with E-state index < -0.39 is 17.7 Å². The number of fused-ring (bicyclic) bond motifs is 11. The van der Waals surface area contributed by atoms with Crippen LogP contribution >= 0.6 is 11.6 Å². The van der Waals surface area contributed by atoms with Crippen molar-refractivity contribution in [2.45, 2.75) is 11.6 Å². The Morgan fingerprint density at radius 2 is 1.44 bits per heavy atom. The molecule has 0 N–H and O–H groups in total. The first-order valence-electron chi connectivity index (χ1n) is 10.5. The van der Waals surface area contributed by atoms with Gasteiger partial charge in [-0.05, 0) is 35.4 Å². The number of anilines is 1. The molecule has 7 rings (SSSR count). The number of rotatable bonds is 0. The van der Waals surface area contributed by atoms with Crippen molar-refractivity contribution in [2.24, 2.45) is 0 Å². The summed E-state index contributed by atoms with van der Waals surface area (Å²) in [5.41, 5.74) is 4.58. The highest BCUT2D eigenvalue weighted by atomic mass is 35.5. The summed E-state index contributed by atoms with van der Waals surface area (Å²) in [5.74, 6) is 1.26. The van der Waals surface area contributed by atoms with Crippen LogP contribution < -0.4 is 9.64 Å². The van der Waals surface area contributed by atoms with Crippen molar-refractivity contribution in [3.05, 3.63) is 113 Å². The van der Waals surface area contributed by atoms with Crippen molar-refractivity contribution >= 4 is 23.4 Å². The first kappa shape index (κ1) is 17.9. The average molecular weight is 438 g/mol. The van der Waals surface area contributed by atoms with E-state index in [1.165, 1.54) is 0 Å². The molecule has 1 unspecified atom stereocenters. The Balaban J connectivity index is 1.61. The SMILES string of the molecule is O=C1OC2(c3ccccc3-c3ccccc32)C2c3ccccc3Oc3ccc(Cl)cc3N12. The zero-order valence-corrected chi connectivity index (χ0v) is 17.5. The first-order valence-corrected chi connectivity index (χ1v) is 10.8. The van der Waals surface area contributed by atoms with Gasteiger partial charge in [0.2, 0.25) is 0 Å². The monoisotopic (exact) mass is 437 g/mol. The molecule has 1 spiro atoms. The molecule has 0 saturated carbocycles. The van der Waals surface area contributed by atoms with Gasteiger partial charge >= 0.3 is 6.09 Å². The minimum atomic E-state index is -1.01. The van der Waals surface area contributed by atoms with Crippen LogP contribution in [-0.2, 0) is 10.3 Å². The highest BCUT2D eigenvalue weighted by molar-refractivity contribution is 6.31. The Morgan fingerprint density at radius 1 is 0.781 bits per heavy atom. The van der Waals surface area contributed by atoms with Gasteiger partial charge in [-0.15, -0.1) is 0 Å². The van der Waals surface area contributed by atoms with Gasteiger partial charge < -0.3 is 9.47 Å². The Bertz CT molecular complexity index is 1400. The van der Waals surface area contributed by atoms with Crippen LogP contribution in [0.3, 0.4) is 0 Å². The number of hydrogen-bond acceptors (Lipinski definition) is 3. The lowest BCUT2D eigenvalue weighted by atomic mass is 9.80. The zero-order chi connectivity index (χ0) is 21.4. The van der Waals surface area contributed by atoms with Gasteiger partial charge in [0.25, 0.3) is 0 Å². The molecular formula is C27H16ClNO3. The summed E-state index contributed by atoms with van der Waals surface area (Å²) >= 11 is 6.36. The lowest BCUT2D eigenvalue weighted by molar-refractivity contribution is 0.0716. The van der Waals surface area contributed by atoms with Crippen LogP contribution in [0, 0.1) is 0 Å².